The smallest absolute Gasteiger partial charge is 0.237 e. The molecule has 0 bridgehead atoms. The van der Waals surface area contributed by atoms with Crippen molar-refractivity contribution in [2.24, 2.45) is 0 Å². The minimum Gasteiger partial charge on any atom is -0.325 e. The van der Waals surface area contributed by atoms with E-state index in [0.717, 1.165) is 28.9 Å². The molecule has 0 saturated heterocycles. The molecule has 144 valence electrons. The first-order valence-electron chi connectivity index (χ1n) is 9.19. The number of hydrogen-bond donors (Lipinski definition) is 2. The van der Waals surface area contributed by atoms with Crippen molar-refractivity contribution in [1.29, 1.82) is 0 Å². The lowest BCUT2D eigenvalue weighted by Gasteiger charge is -2.16. The molecular formula is C22H28N2O2S. The molecule has 2 N–H and O–H groups in total. The second-order valence-electron chi connectivity index (χ2n) is 6.81. The lowest BCUT2D eigenvalue weighted by molar-refractivity contribution is -0.115. The van der Waals surface area contributed by atoms with E-state index < -0.39 is 0 Å². The summed E-state index contributed by atoms with van der Waals surface area (Å²) < 4.78 is 0. The zero-order valence-corrected chi connectivity index (χ0v) is 17.5. The third-order valence-electron chi connectivity index (χ3n) is 4.40. The maximum absolute atomic E-state index is 12.5. The Morgan fingerprint density at radius 2 is 1.59 bits per heavy atom. The van der Waals surface area contributed by atoms with Gasteiger partial charge in [0.2, 0.25) is 11.8 Å². The number of hydrogen-bond acceptors (Lipinski definition) is 3. The normalized spacial score (nSPS) is 11.7. The summed E-state index contributed by atoms with van der Waals surface area (Å²) >= 11 is 1.33. The van der Waals surface area contributed by atoms with Crippen LogP contribution in [0.1, 0.15) is 36.1 Å². The lowest BCUT2D eigenvalue weighted by Crippen LogP contribution is -2.25. The summed E-state index contributed by atoms with van der Waals surface area (Å²) in [6.07, 6.45) is 0.969. The first-order valence-corrected chi connectivity index (χ1v) is 10.2. The van der Waals surface area contributed by atoms with Crippen molar-refractivity contribution in [3.63, 3.8) is 0 Å². The van der Waals surface area contributed by atoms with Gasteiger partial charge in [0, 0.05) is 11.4 Å². The third kappa shape index (κ3) is 6.14. The van der Waals surface area contributed by atoms with Gasteiger partial charge in [-0.15, -0.1) is 11.8 Å². The predicted octanol–water partition coefficient (Wildman–Crippen LogP) is 4.87. The number of nitrogens with one attached hydrogen (secondary N) is 2. The van der Waals surface area contributed by atoms with Crippen LogP contribution >= 0.6 is 11.8 Å². The molecule has 27 heavy (non-hydrogen) atoms. The summed E-state index contributed by atoms with van der Waals surface area (Å²) in [4.78, 5) is 24.6. The van der Waals surface area contributed by atoms with Crippen LogP contribution in [0.3, 0.4) is 0 Å². The van der Waals surface area contributed by atoms with Crippen LogP contribution in [0.5, 0.6) is 0 Å². The molecule has 0 saturated carbocycles. The Balaban J connectivity index is 1.86. The second-order valence-corrected chi connectivity index (χ2v) is 8.14. The van der Waals surface area contributed by atoms with Gasteiger partial charge in [0.25, 0.3) is 0 Å². The molecule has 2 amide bonds. The van der Waals surface area contributed by atoms with E-state index in [4.69, 9.17) is 0 Å². The Kier molecular flexibility index (Phi) is 7.48. The van der Waals surface area contributed by atoms with Gasteiger partial charge in [0.15, 0.2) is 0 Å². The Bertz CT molecular complexity index is 793. The van der Waals surface area contributed by atoms with Crippen molar-refractivity contribution in [2.75, 3.05) is 16.4 Å². The van der Waals surface area contributed by atoms with E-state index >= 15 is 0 Å². The molecule has 0 radical (unpaired) electrons. The van der Waals surface area contributed by atoms with Crippen LogP contribution in [0.2, 0.25) is 0 Å². The molecule has 0 aromatic heterocycles. The Morgan fingerprint density at radius 1 is 1.00 bits per heavy atom. The van der Waals surface area contributed by atoms with Crippen molar-refractivity contribution in [2.45, 2.75) is 46.3 Å². The molecule has 0 aliphatic heterocycles. The molecule has 2 rings (SSSR count). The maximum Gasteiger partial charge on any atom is 0.237 e. The second kappa shape index (κ2) is 9.60. The quantitative estimate of drug-likeness (QED) is 0.716. The fraction of sp³-hybridized carbons (Fsp3) is 0.364. The van der Waals surface area contributed by atoms with Crippen LogP contribution in [0.4, 0.5) is 11.4 Å². The van der Waals surface area contributed by atoms with E-state index in [0.29, 0.717) is 0 Å². The highest BCUT2D eigenvalue weighted by Crippen LogP contribution is 2.23. The number of amides is 2. The van der Waals surface area contributed by atoms with Gasteiger partial charge >= 0.3 is 0 Å². The molecule has 0 unspecified atom stereocenters. The number of aryl methyl sites for hydroxylation is 4. The number of thioether (sulfide) groups is 1. The van der Waals surface area contributed by atoms with Gasteiger partial charge in [-0.05, 0) is 62.9 Å². The fourth-order valence-corrected chi connectivity index (χ4v) is 3.58. The van der Waals surface area contributed by atoms with E-state index in [9.17, 15) is 9.59 Å². The number of anilines is 2. The summed E-state index contributed by atoms with van der Waals surface area (Å²) in [5.74, 6) is 0.0393. The number of benzene rings is 2. The van der Waals surface area contributed by atoms with Crippen molar-refractivity contribution in [3.05, 3.63) is 58.7 Å². The highest BCUT2D eigenvalue weighted by atomic mass is 32.2. The van der Waals surface area contributed by atoms with Crippen molar-refractivity contribution in [3.8, 4) is 0 Å². The minimum absolute atomic E-state index is 0.0878. The molecule has 0 heterocycles. The van der Waals surface area contributed by atoms with E-state index in [-0.39, 0.29) is 22.8 Å². The summed E-state index contributed by atoms with van der Waals surface area (Å²) in [6, 6.07) is 11.9. The van der Waals surface area contributed by atoms with Crippen molar-refractivity contribution < 1.29 is 9.59 Å². The Morgan fingerprint density at radius 3 is 2.15 bits per heavy atom. The Hall–Kier alpha value is -2.27. The van der Waals surface area contributed by atoms with Crippen LogP contribution in [-0.2, 0) is 16.0 Å². The molecule has 0 aliphatic rings. The number of carbonyl (C=O) groups is 2. The predicted molar refractivity (Wildman–Crippen MR) is 116 cm³/mol. The number of carbonyl (C=O) groups excluding carboxylic acids is 2. The van der Waals surface area contributed by atoms with Crippen LogP contribution in [-0.4, -0.2) is 22.8 Å². The summed E-state index contributed by atoms with van der Waals surface area (Å²) in [6.45, 7) is 9.94. The largest absolute Gasteiger partial charge is 0.325 e. The fourth-order valence-electron chi connectivity index (χ4n) is 2.90. The van der Waals surface area contributed by atoms with E-state index in [2.05, 4.69) is 29.7 Å². The van der Waals surface area contributed by atoms with Gasteiger partial charge in [0.05, 0.1) is 11.0 Å². The first kappa shape index (κ1) is 21.0. The highest BCUT2D eigenvalue weighted by Gasteiger charge is 2.17. The van der Waals surface area contributed by atoms with E-state index in [1.807, 2.05) is 52.0 Å². The molecule has 2 aromatic rings. The van der Waals surface area contributed by atoms with Gasteiger partial charge < -0.3 is 10.6 Å². The zero-order valence-electron chi connectivity index (χ0n) is 16.7. The van der Waals surface area contributed by atoms with Gasteiger partial charge in [-0.2, -0.15) is 0 Å². The Labute approximate surface area is 166 Å². The molecule has 1 atom stereocenters. The van der Waals surface area contributed by atoms with Gasteiger partial charge in [-0.25, -0.2) is 0 Å². The zero-order chi connectivity index (χ0) is 20.0. The molecule has 4 nitrogen and oxygen atoms in total. The maximum atomic E-state index is 12.5. The average Bonchev–Trinajstić information content (AvgIpc) is 2.63. The first-order chi connectivity index (χ1) is 12.8. The van der Waals surface area contributed by atoms with Crippen molar-refractivity contribution in [1.82, 2.24) is 0 Å². The summed E-state index contributed by atoms with van der Waals surface area (Å²) in [5, 5.41) is 5.55. The number of rotatable bonds is 7. The van der Waals surface area contributed by atoms with Gasteiger partial charge in [0.1, 0.15) is 0 Å². The van der Waals surface area contributed by atoms with Gasteiger partial charge in [-0.1, -0.05) is 36.8 Å². The third-order valence-corrected chi connectivity index (χ3v) is 5.55. The summed E-state index contributed by atoms with van der Waals surface area (Å²) in [7, 11) is 0. The minimum atomic E-state index is -0.321. The molecule has 0 spiro atoms. The van der Waals surface area contributed by atoms with Crippen LogP contribution in [0, 0.1) is 20.8 Å². The lowest BCUT2D eigenvalue weighted by atomic mass is 10.1. The molecule has 2 aromatic carbocycles. The van der Waals surface area contributed by atoms with Crippen LogP contribution in [0.25, 0.3) is 0 Å². The SMILES string of the molecule is CCc1ccc(NC(=O)CS[C@@H](C)C(=O)Nc2c(C)cc(C)cc2C)cc1. The molecule has 5 heteroatoms. The standard InChI is InChI=1S/C22H28N2O2S/c1-6-18-7-9-19(10-8-18)23-20(25)13-27-17(5)22(26)24-21-15(3)11-14(2)12-16(21)4/h7-12,17H,6,13H2,1-5H3,(H,23,25)(H,24,26)/t17-/m0/s1. The average molecular weight is 385 g/mol. The van der Waals surface area contributed by atoms with E-state index in [1.54, 1.807) is 0 Å². The summed E-state index contributed by atoms with van der Waals surface area (Å²) in [5.41, 5.74) is 6.14. The topological polar surface area (TPSA) is 58.2 Å². The molecular weight excluding hydrogens is 356 g/mol. The van der Waals surface area contributed by atoms with Gasteiger partial charge in [-0.3, -0.25) is 9.59 Å². The monoisotopic (exact) mass is 384 g/mol. The van der Waals surface area contributed by atoms with E-state index in [1.165, 1.54) is 22.9 Å². The highest BCUT2D eigenvalue weighted by molar-refractivity contribution is 8.01. The van der Waals surface area contributed by atoms with Crippen molar-refractivity contribution >= 4 is 35.0 Å². The van der Waals surface area contributed by atoms with Crippen LogP contribution < -0.4 is 10.6 Å². The molecule has 0 fully saturated rings. The van der Waals surface area contributed by atoms with Crippen LogP contribution in [0.15, 0.2) is 36.4 Å². The molecule has 0 aliphatic carbocycles.